The summed E-state index contributed by atoms with van der Waals surface area (Å²) in [4.78, 5) is 17.8. The van der Waals surface area contributed by atoms with Crippen molar-refractivity contribution < 1.29 is 4.74 Å². The van der Waals surface area contributed by atoms with Crippen molar-refractivity contribution in [3.05, 3.63) is 0 Å². The summed E-state index contributed by atoms with van der Waals surface area (Å²) in [7, 11) is 3.76. The lowest BCUT2D eigenvalue weighted by molar-refractivity contribution is 0.212. The molecule has 7 heteroatoms. The van der Waals surface area contributed by atoms with Gasteiger partial charge in [0.1, 0.15) is 0 Å². The molecule has 0 radical (unpaired) electrons. The zero-order valence-corrected chi connectivity index (χ0v) is 13.5. The van der Waals surface area contributed by atoms with Gasteiger partial charge in [0.2, 0.25) is 11.9 Å². The first-order chi connectivity index (χ1) is 10.2. The first-order valence-electron chi connectivity index (χ1n) is 7.67. The highest BCUT2D eigenvalue weighted by Gasteiger charge is 2.25. The summed E-state index contributed by atoms with van der Waals surface area (Å²) in [6.07, 6.45) is 2.14. The lowest BCUT2D eigenvalue weighted by atomic mass is 10.1. The molecule has 1 aromatic rings. The van der Waals surface area contributed by atoms with Crippen LogP contribution in [0, 0.1) is 0 Å². The summed E-state index contributed by atoms with van der Waals surface area (Å²) in [5.74, 6) is 1.29. The minimum Gasteiger partial charge on any atom is -0.467 e. The van der Waals surface area contributed by atoms with Crippen molar-refractivity contribution in [2.75, 3.05) is 50.6 Å². The Morgan fingerprint density at radius 1 is 1.24 bits per heavy atom. The van der Waals surface area contributed by atoms with E-state index in [0.717, 1.165) is 39.0 Å². The van der Waals surface area contributed by atoms with Crippen LogP contribution in [0.2, 0.25) is 0 Å². The van der Waals surface area contributed by atoms with E-state index in [9.17, 15) is 0 Å². The predicted molar refractivity (Wildman–Crippen MR) is 84.1 cm³/mol. The molecule has 1 fully saturated rings. The minimum absolute atomic E-state index is 0.366. The lowest BCUT2D eigenvalue weighted by Gasteiger charge is -2.39. The molecule has 0 spiro atoms. The van der Waals surface area contributed by atoms with Gasteiger partial charge >= 0.3 is 6.01 Å². The van der Waals surface area contributed by atoms with Crippen molar-refractivity contribution in [3.8, 4) is 6.01 Å². The highest BCUT2D eigenvalue weighted by Crippen LogP contribution is 2.19. The van der Waals surface area contributed by atoms with Crippen molar-refractivity contribution in [2.45, 2.75) is 32.7 Å². The summed E-state index contributed by atoms with van der Waals surface area (Å²) < 4.78 is 5.20. The number of nitrogens with one attached hydrogen (secondary N) is 1. The molecule has 1 aliphatic heterocycles. The summed E-state index contributed by atoms with van der Waals surface area (Å²) in [6.45, 7) is 8.05. The normalized spacial score (nSPS) is 19.6. The van der Waals surface area contributed by atoms with E-state index >= 15 is 0 Å². The molecular weight excluding hydrogens is 268 g/mol. The van der Waals surface area contributed by atoms with Crippen LogP contribution in [0.15, 0.2) is 0 Å². The van der Waals surface area contributed by atoms with Crippen molar-refractivity contribution in [3.63, 3.8) is 0 Å². The van der Waals surface area contributed by atoms with E-state index in [-0.39, 0.29) is 0 Å². The molecule has 1 unspecified atom stereocenters. The molecule has 0 saturated carbocycles. The third-order valence-corrected chi connectivity index (χ3v) is 3.85. The Morgan fingerprint density at radius 3 is 2.71 bits per heavy atom. The number of aromatic nitrogens is 3. The molecule has 1 aliphatic rings. The van der Waals surface area contributed by atoms with E-state index in [0.29, 0.717) is 23.9 Å². The number of hydrogen-bond donors (Lipinski definition) is 1. The number of hydrogen-bond acceptors (Lipinski definition) is 7. The number of likely N-dealkylation sites (N-methyl/N-ethyl adjacent to an activating group) is 1. The van der Waals surface area contributed by atoms with Gasteiger partial charge in [-0.15, -0.1) is 0 Å². The van der Waals surface area contributed by atoms with Crippen LogP contribution in [-0.4, -0.2) is 66.2 Å². The van der Waals surface area contributed by atoms with Gasteiger partial charge in [-0.25, -0.2) is 0 Å². The minimum atomic E-state index is 0.366. The van der Waals surface area contributed by atoms with Crippen LogP contribution in [0.25, 0.3) is 0 Å². The molecule has 0 aliphatic carbocycles. The predicted octanol–water partition coefficient (Wildman–Crippen LogP) is 1.23. The van der Waals surface area contributed by atoms with Crippen LogP contribution in [0.3, 0.4) is 0 Å². The Bertz CT molecular complexity index is 455. The Hall–Kier alpha value is -1.63. The Morgan fingerprint density at radius 2 is 2.05 bits per heavy atom. The van der Waals surface area contributed by atoms with Gasteiger partial charge < -0.3 is 15.0 Å². The van der Waals surface area contributed by atoms with Crippen LogP contribution in [0.4, 0.5) is 11.9 Å². The van der Waals surface area contributed by atoms with Gasteiger partial charge in [-0.1, -0.05) is 13.8 Å². The molecule has 0 amide bonds. The molecule has 118 valence electrons. The fourth-order valence-electron chi connectivity index (χ4n) is 2.46. The highest BCUT2D eigenvalue weighted by atomic mass is 16.5. The Labute approximate surface area is 126 Å². The van der Waals surface area contributed by atoms with Gasteiger partial charge in [0.15, 0.2) is 0 Å². The van der Waals surface area contributed by atoms with Crippen LogP contribution < -0.4 is 15.0 Å². The zero-order chi connectivity index (χ0) is 15.2. The van der Waals surface area contributed by atoms with Gasteiger partial charge in [0, 0.05) is 32.2 Å². The summed E-state index contributed by atoms with van der Waals surface area (Å²) >= 11 is 0. The number of methoxy groups -OCH3 is 1. The fourth-order valence-corrected chi connectivity index (χ4v) is 2.46. The van der Waals surface area contributed by atoms with Crippen LogP contribution in [0.5, 0.6) is 6.01 Å². The zero-order valence-electron chi connectivity index (χ0n) is 13.5. The van der Waals surface area contributed by atoms with Gasteiger partial charge in [-0.05, 0) is 19.9 Å². The first kappa shape index (κ1) is 15.8. The fraction of sp³-hybridized carbons (Fsp3) is 0.786. The molecular formula is C14H26N6O. The molecule has 2 rings (SSSR count). The van der Waals surface area contributed by atoms with Crippen LogP contribution >= 0.6 is 0 Å². The third kappa shape index (κ3) is 3.93. The standard InChI is InChI=1S/C14H26N6O/c1-5-7-15-12-16-13(18-14(17-12)21-4)20-9-8-19(3)11(6-2)10-20/h11H,5-10H2,1-4H3,(H,15,16,17,18). The molecule has 1 saturated heterocycles. The van der Waals surface area contributed by atoms with Crippen molar-refractivity contribution in [2.24, 2.45) is 0 Å². The maximum atomic E-state index is 5.20. The van der Waals surface area contributed by atoms with Gasteiger partial charge in [-0.2, -0.15) is 15.0 Å². The monoisotopic (exact) mass is 294 g/mol. The summed E-state index contributed by atoms with van der Waals surface area (Å²) in [6, 6.07) is 0.902. The number of ether oxygens (including phenoxy) is 1. The number of rotatable bonds is 6. The van der Waals surface area contributed by atoms with E-state index in [4.69, 9.17) is 4.74 Å². The van der Waals surface area contributed by atoms with Crippen molar-refractivity contribution >= 4 is 11.9 Å². The smallest absolute Gasteiger partial charge is 0.322 e. The van der Waals surface area contributed by atoms with Gasteiger partial charge in [0.25, 0.3) is 0 Å². The van der Waals surface area contributed by atoms with Crippen LogP contribution in [-0.2, 0) is 0 Å². The van der Waals surface area contributed by atoms with E-state index < -0.39 is 0 Å². The van der Waals surface area contributed by atoms with E-state index in [1.807, 2.05) is 0 Å². The molecule has 0 bridgehead atoms. The number of anilines is 2. The average Bonchev–Trinajstić information content (AvgIpc) is 2.53. The first-order valence-corrected chi connectivity index (χ1v) is 7.67. The number of piperazine rings is 1. The molecule has 2 heterocycles. The van der Waals surface area contributed by atoms with Crippen molar-refractivity contribution in [1.29, 1.82) is 0 Å². The average molecular weight is 294 g/mol. The summed E-state index contributed by atoms with van der Waals surface area (Å²) in [5, 5.41) is 3.20. The number of nitrogens with zero attached hydrogens (tertiary/aromatic N) is 5. The molecule has 7 nitrogen and oxygen atoms in total. The maximum absolute atomic E-state index is 5.20. The molecule has 21 heavy (non-hydrogen) atoms. The van der Waals surface area contributed by atoms with E-state index in [2.05, 4.69) is 51.0 Å². The largest absolute Gasteiger partial charge is 0.467 e. The topological polar surface area (TPSA) is 66.4 Å². The SMILES string of the molecule is CCCNc1nc(OC)nc(N2CCN(C)C(CC)C2)n1. The van der Waals surface area contributed by atoms with Gasteiger partial charge in [0.05, 0.1) is 7.11 Å². The lowest BCUT2D eigenvalue weighted by Crippen LogP contribution is -2.51. The molecule has 0 aromatic carbocycles. The Balaban J connectivity index is 2.17. The highest BCUT2D eigenvalue weighted by molar-refractivity contribution is 5.39. The second kappa shape index (κ2) is 7.40. The quantitative estimate of drug-likeness (QED) is 0.846. The second-order valence-corrected chi connectivity index (χ2v) is 5.36. The van der Waals surface area contributed by atoms with E-state index in [1.54, 1.807) is 7.11 Å². The van der Waals surface area contributed by atoms with E-state index in [1.165, 1.54) is 0 Å². The molecule has 1 N–H and O–H groups in total. The van der Waals surface area contributed by atoms with Crippen LogP contribution in [0.1, 0.15) is 26.7 Å². The summed E-state index contributed by atoms with van der Waals surface area (Å²) in [5.41, 5.74) is 0. The van der Waals surface area contributed by atoms with Crippen molar-refractivity contribution in [1.82, 2.24) is 19.9 Å². The maximum Gasteiger partial charge on any atom is 0.322 e. The third-order valence-electron chi connectivity index (χ3n) is 3.85. The molecule has 1 atom stereocenters. The molecule has 1 aromatic heterocycles. The van der Waals surface area contributed by atoms with Gasteiger partial charge in [-0.3, -0.25) is 4.90 Å². The Kier molecular flexibility index (Phi) is 5.55. The second-order valence-electron chi connectivity index (χ2n) is 5.36.